The van der Waals surface area contributed by atoms with E-state index >= 15 is 0 Å². The van der Waals surface area contributed by atoms with Crippen LogP contribution in [0.3, 0.4) is 0 Å². The molecular weight excluding hydrogens is 198 g/mol. The molecule has 0 aliphatic carbocycles. The summed E-state index contributed by atoms with van der Waals surface area (Å²) < 4.78 is 9.80. The van der Waals surface area contributed by atoms with E-state index in [9.17, 15) is 9.59 Å². The van der Waals surface area contributed by atoms with Crippen LogP contribution in [-0.2, 0) is 19.1 Å². The van der Waals surface area contributed by atoms with Crippen molar-refractivity contribution in [1.29, 1.82) is 0 Å². The second-order valence-corrected chi connectivity index (χ2v) is 3.82. The molecular formula is C10H17NO4. The van der Waals surface area contributed by atoms with Crippen molar-refractivity contribution in [3.63, 3.8) is 0 Å². The van der Waals surface area contributed by atoms with Gasteiger partial charge in [0.2, 0.25) is 5.91 Å². The van der Waals surface area contributed by atoms with Crippen LogP contribution >= 0.6 is 0 Å². The Kier molecular flexibility index (Phi) is 4.08. The van der Waals surface area contributed by atoms with Crippen molar-refractivity contribution < 1.29 is 19.1 Å². The summed E-state index contributed by atoms with van der Waals surface area (Å²) in [5.41, 5.74) is 0. The highest BCUT2D eigenvalue weighted by Crippen LogP contribution is 2.10. The Morgan fingerprint density at radius 2 is 2.13 bits per heavy atom. The fourth-order valence-corrected chi connectivity index (χ4v) is 1.49. The van der Waals surface area contributed by atoms with E-state index in [2.05, 4.69) is 4.74 Å². The molecule has 0 N–H and O–H groups in total. The summed E-state index contributed by atoms with van der Waals surface area (Å²) >= 11 is 0. The maximum Gasteiger partial charge on any atom is 0.336 e. The number of morpholine rings is 1. The topological polar surface area (TPSA) is 55.8 Å². The molecule has 1 aliphatic heterocycles. The molecule has 86 valence electrons. The maximum absolute atomic E-state index is 11.7. The molecule has 0 bridgehead atoms. The van der Waals surface area contributed by atoms with E-state index in [0.717, 1.165) is 0 Å². The molecule has 1 saturated heterocycles. The monoisotopic (exact) mass is 215 g/mol. The van der Waals surface area contributed by atoms with Crippen LogP contribution in [0.1, 0.15) is 13.8 Å². The zero-order valence-electron chi connectivity index (χ0n) is 9.36. The highest BCUT2D eigenvalue weighted by Gasteiger charge is 2.30. The summed E-state index contributed by atoms with van der Waals surface area (Å²) in [7, 11) is 1.31. The largest absolute Gasteiger partial charge is 0.467 e. The summed E-state index contributed by atoms with van der Waals surface area (Å²) in [6, 6.07) is 0. The number of carbonyl (C=O) groups excluding carboxylic acids is 2. The molecule has 1 amide bonds. The third-order valence-electron chi connectivity index (χ3n) is 2.34. The van der Waals surface area contributed by atoms with Gasteiger partial charge in [0.15, 0.2) is 6.10 Å². The first-order valence-corrected chi connectivity index (χ1v) is 5.04. The van der Waals surface area contributed by atoms with Crippen LogP contribution in [0.25, 0.3) is 0 Å². The molecule has 1 heterocycles. The van der Waals surface area contributed by atoms with Crippen molar-refractivity contribution in [2.45, 2.75) is 20.0 Å². The van der Waals surface area contributed by atoms with Gasteiger partial charge >= 0.3 is 5.97 Å². The van der Waals surface area contributed by atoms with Gasteiger partial charge in [-0.2, -0.15) is 0 Å². The number of esters is 1. The van der Waals surface area contributed by atoms with Crippen molar-refractivity contribution >= 4 is 11.9 Å². The first-order valence-electron chi connectivity index (χ1n) is 5.04. The number of hydrogen-bond donors (Lipinski definition) is 0. The zero-order chi connectivity index (χ0) is 11.4. The van der Waals surface area contributed by atoms with Crippen LogP contribution < -0.4 is 0 Å². The smallest absolute Gasteiger partial charge is 0.336 e. The Morgan fingerprint density at radius 1 is 1.47 bits per heavy atom. The number of rotatable bonds is 2. The normalized spacial score (nSPS) is 21.6. The van der Waals surface area contributed by atoms with Crippen molar-refractivity contribution in [2.75, 3.05) is 26.8 Å². The number of methoxy groups -OCH3 is 1. The lowest BCUT2D eigenvalue weighted by Gasteiger charge is -2.32. The van der Waals surface area contributed by atoms with Gasteiger partial charge in [-0.3, -0.25) is 4.79 Å². The average Bonchev–Trinajstić information content (AvgIpc) is 2.27. The lowest BCUT2D eigenvalue weighted by atomic mass is 10.1. The fourth-order valence-electron chi connectivity index (χ4n) is 1.49. The second-order valence-electron chi connectivity index (χ2n) is 3.82. The Balaban J connectivity index is 2.56. The summed E-state index contributed by atoms with van der Waals surface area (Å²) in [4.78, 5) is 24.5. The molecule has 0 aromatic heterocycles. The third-order valence-corrected chi connectivity index (χ3v) is 2.34. The van der Waals surface area contributed by atoms with E-state index in [-0.39, 0.29) is 11.8 Å². The lowest BCUT2D eigenvalue weighted by Crippen LogP contribution is -2.50. The standard InChI is InChI=1S/C10H17NO4/c1-7(2)9(12)11-4-5-15-8(6-11)10(13)14-3/h7-8H,4-6H2,1-3H3. The summed E-state index contributed by atoms with van der Waals surface area (Å²) in [6.07, 6.45) is -0.633. The molecule has 5 heteroatoms. The van der Waals surface area contributed by atoms with E-state index in [1.54, 1.807) is 4.90 Å². The molecule has 0 spiro atoms. The van der Waals surface area contributed by atoms with E-state index in [1.807, 2.05) is 13.8 Å². The van der Waals surface area contributed by atoms with Crippen LogP contribution in [0.15, 0.2) is 0 Å². The van der Waals surface area contributed by atoms with Gasteiger partial charge in [0.1, 0.15) is 0 Å². The molecule has 0 radical (unpaired) electrons. The predicted octanol–water partition coefficient (Wildman–Crippen LogP) is 0.0428. The number of carbonyl (C=O) groups is 2. The van der Waals surface area contributed by atoms with Gasteiger partial charge in [-0.25, -0.2) is 4.79 Å². The zero-order valence-corrected chi connectivity index (χ0v) is 9.36. The van der Waals surface area contributed by atoms with Crippen LogP contribution in [0.2, 0.25) is 0 Å². The highest BCUT2D eigenvalue weighted by molar-refractivity contribution is 5.80. The van der Waals surface area contributed by atoms with E-state index in [0.29, 0.717) is 19.7 Å². The van der Waals surface area contributed by atoms with Gasteiger partial charge in [0.25, 0.3) is 0 Å². The predicted molar refractivity (Wildman–Crippen MR) is 53.2 cm³/mol. The number of hydrogen-bond acceptors (Lipinski definition) is 4. The van der Waals surface area contributed by atoms with Crippen LogP contribution in [0.4, 0.5) is 0 Å². The van der Waals surface area contributed by atoms with Crippen molar-refractivity contribution in [3.8, 4) is 0 Å². The van der Waals surface area contributed by atoms with E-state index in [1.165, 1.54) is 7.11 Å². The van der Waals surface area contributed by atoms with Gasteiger partial charge in [0, 0.05) is 12.5 Å². The second kappa shape index (κ2) is 5.11. The van der Waals surface area contributed by atoms with Crippen LogP contribution in [0.5, 0.6) is 0 Å². The molecule has 1 rings (SSSR count). The van der Waals surface area contributed by atoms with Gasteiger partial charge in [-0.15, -0.1) is 0 Å². The SMILES string of the molecule is COC(=O)C1CN(C(=O)C(C)C)CCO1. The van der Waals surface area contributed by atoms with Gasteiger partial charge in [-0.05, 0) is 0 Å². The van der Waals surface area contributed by atoms with E-state index < -0.39 is 12.1 Å². The molecule has 1 aliphatic rings. The minimum absolute atomic E-state index is 0.0483. The first kappa shape index (κ1) is 12.0. The van der Waals surface area contributed by atoms with Crippen molar-refractivity contribution in [1.82, 2.24) is 4.90 Å². The molecule has 0 aromatic carbocycles. The summed E-state index contributed by atoms with van der Waals surface area (Å²) in [5.74, 6) is -0.426. The van der Waals surface area contributed by atoms with Crippen molar-refractivity contribution in [3.05, 3.63) is 0 Å². The fraction of sp³-hybridized carbons (Fsp3) is 0.800. The van der Waals surface area contributed by atoms with Gasteiger partial charge in [-0.1, -0.05) is 13.8 Å². The Labute approximate surface area is 89.3 Å². The Morgan fingerprint density at radius 3 is 2.67 bits per heavy atom. The quantitative estimate of drug-likeness (QED) is 0.610. The molecule has 15 heavy (non-hydrogen) atoms. The van der Waals surface area contributed by atoms with Crippen molar-refractivity contribution in [2.24, 2.45) is 5.92 Å². The molecule has 0 aromatic rings. The van der Waals surface area contributed by atoms with Gasteiger partial charge in [0.05, 0.1) is 20.3 Å². The summed E-state index contributed by atoms with van der Waals surface area (Å²) in [6.45, 7) is 4.91. The van der Waals surface area contributed by atoms with Crippen LogP contribution in [-0.4, -0.2) is 49.7 Å². The average molecular weight is 215 g/mol. The minimum atomic E-state index is -0.633. The van der Waals surface area contributed by atoms with E-state index in [4.69, 9.17) is 4.74 Å². The molecule has 0 saturated carbocycles. The summed E-state index contributed by atoms with van der Waals surface area (Å²) in [5, 5.41) is 0. The number of ether oxygens (including phenoxy) is 2. The molecule has 1 unspecified atom stereocenters. The third kappa shape index (κ3) is 2.92. The lowest BCUT2D eigenvalue weighted by molar-refractivity contribution is -0.163. The molecule has 1 atom stereocenters. The Hall–Kier alpha value is -1.10. The Bertz CT molecular complexity index is 252. The first-order chi connectivity index (χ1) is 7.06. The number of nitrogens with zero attached hydrogens (tertiary/aromatic N) is 1. The van der Waals surface area contributed by atoms with Gasteiger partial charge < -0.3 is 14.4 Å². The molecule has 1 fully saturated rings. The molecule has 5 nitrogen and oxygen atoms in total. The highest BCUT2D eigenvalue weighted by atomic mass is 16.6. The van der Waals surface area contributed by atoms with Crippen LogP contribution in [0, 0.1) is 5.92 Å². The number of amides is 1. The minimum Gasteiger partial charge on any atom is -0.467 e. The maximum atomic E-state index is 11.7.